The van der Waals surface area contributed by atoms with Crippen molar-refractivity contribution < 1.29 is 18.3 Å². The molecule has 0 spiro atoms. The normalized spacial score (nSPS) is 17.3. The minimum absolute atomic E-state index is 0.00487. The zero-order valence-electron chi connectivity index (χ0n) is 15.7. The van der Waals surface area contributed by atoms with E-state index in [2.05, 4.69) is 16.9 Å². The Balaban J connectivity index is 1.64. The van der Waals surface area contributed by atoms with Gasteiger partial charge >= 0.3 is 5.97 Å². The van der Waals surface area contributed by atoms with Crippen molar-refractivity contribution in [1.29, 1.82) is 0 Å². The lowest BCUT2D eigenvalue weighted by Gasteiger charge is -2.14. The minimum atomic E-state index is -3.56. The van der Waals surface area contributed by atoms with Crippen molar-refractivity contribution in [2.45, 2.75) is 43.4 Å². The van der Waals surface area contributed by atoms with Crippen molar-refractivity contribution in [3.05, 3.63) is 64.2 Å². The summed E-state index contributed by atoms with van der Waals surface area (Å²) < 4.78 is 27.6. The number of halogens is 1. The molecular formula is C21H24ClNO4S. The van der Waals surface area contributed by atoms with Gasteiger partial charge in [-0.25, -0.2) is 13.1 Å². The van der Waals surface area contributed by atoms with E-state index in [0.717, 1.165) is 24.8 Å². The smallest absolute Gasteiger partial charge is 0.303 e. The summed E-state index contributed by atoms with van der Waals surface area (Å²) in [6.45, 7) is 2.36. The molecule has 0 saturated carbocycles. The fraction of sp³-hybridized carbons (Fsp3) is 0.381. The number of carbonyl (C=O) groups is 1. The van der Waals surface area contributed by atoms with E-state index < -0.39 is 16.0 Å². The van der Waals surface area contributed by atoms with Crippen molar-refractivity contribution in [2.75, 3.05) is 6.54 Å². The Bertz CT molecular complexity index is 957. The molecule has 0 saturated heterocycles. The van der Waals surface area contributed by atoms with Gasteiger partial charge < -0.3 is 5.11 Å². The van der Waals surface area contributed by atoms with Crippen LogP contribution in [0.1, 0.15) is 42.4 Å². The Kier molecular flexibility index (Phi) is 6.43. The summed E-state index contributed by atoms with van der Waals surface area (Å²) in [4.78, 5) is 11.3. The van der Waals surface area contributed by atoms with Crippen LogP contribution in [-0.4, -0.2) is 26.0 Å². The van der Waals surface area contributed by atoms with Gasteiger partial charge in [0.15, 0.2) is 0 Å². The molecule has 0 amide bonds. The highest BCUT2D eigenvalue weighted by Crippen LogP contribution is 2.32. The first-order chi connectivity index (χ1) is 13.3. The zero-order valence-corrected chi connectivity index (χ0v) is 17.3. The van der Waals surface area contributed by atoms with Gasteiger partial charge in [0.25, 0.3) is 0 Å². The van der Waals surface area contributed by atoms with Gasteiger partial charge in [-0.2, -0.15) is 0 Å². The fourth-order valence-corrected chi connectivity index (χ4v) is 5.00. The standard InChI is InChI=1S/C21H24ClNO4S/c1-2-15(12-21(24)25)17-4-3-16-9-14(10-18(16)11-17)13-23-28(26,27)20-7-5-19(22)6-8-20/h3-8,11,14-15,23H,2,9-10,12-13H2,1H3,(H,24,25). The molecule has 0 aromatic heterocycles. The summed E-state index contributed by atoms with van der Waals surface area (Å²) in [5.41, 5.74) is 3.45. The van der Waals surface area contributed by atoms with Crippen LogP contribution in [0.3, 0.4) is 0 Å². The van der Waals surface area contributed by atoms with E-state index in [1.165, 1.54) is 23.3 Å². The third-order valence-electron chi connectivity index (χ3n) is 5.32. The molecule has 0 aliphatic heterocycles. The Hall–Kier alpha value is -1.89. The second kappa shape index (κ2) is 8.64. The molecule has 1 aliphatic rings. The highest BCUT2D eigenvalue weighted by molar-refractivity contribution is 7.89. The molecular weight excluding hydrogens is 398 g/mol. The lowest BCUT2D eigenvalue weighted by molar-refractivity contribution is -0.137. The highest BCUT2D eigenvalue weighted by atomic mass is 35.5. The maximum Gasteiger partial charge on any atom is 0.303 e. The first-order valence-electron chi connectivity index (χ1n) is 9.37. The summed E-state index contributed by atoms with van der Waals surface area (Å²) >= 11 is 5.82. The van der Waals surface area contributed by atoms with Gasteiger partial charge in [0.05, 0.1) is 11.3 Å². The number of carboxylic acid groups (broad SMARTS) is 1. The third-order valence-corrected chi connectivity index (χ3v) is 7.01. The average molecular weight is 422 g/mol. The number of sulfonamides is 1. The Labute approximate surface area is 170 Å². The van der Waals surface area contributed by atoms with Crippen molar-refractivity contribution in [3.63, 3.8) is 0 Å². The topological polar surface area (TPSA) is 83.5 Å². The first kappa shape index (κ1) is 20.8. The van der Waals surface area contributed by atoms with Crippen LogP contribution < -0.4 is 4.72 Å². The van der Waals surface area contributed by atoms with E-state index in [1.807, 2.05) is 13.0 Å². The van der Waals surface area contributed by atoms with Gasteiger partial charge in [-0.15, -0.1) is 0 Å². The maximum atomic E-state index is 12.4. The van der Waals surface area contributed by atoms with Crippen LogP contribution in [0, 0.1) is 5.92 Å². The second-order valence-corrected chi connectivity index (χ2v) is 9.51. The van der Waals surface area contributed by atoms with Crippen molar-refractivity contribution >= 4 is 27.6 Å². The van der Waals surface area contributed by atoms with Gasteiger partial charge in [0, 0.05) is 11.6 Å². The molecule has 28 heavy (non-hydrogen) atoms. The lowest BCUT2D eigenvalue weighted by atomic mass is 9.91. The van der Waals surface area contributed by atoms with Crippen LogP contribution in [0.25, 0.3) is 0 Å². The quantitative estimate of drug-likeness (QED) is 0.674. The maximum absolute atomic E-state index is 12.4. The van der Waals surface area contributed by atoms with E-state index >= 15 is 0 Å². The van der Waals surface area contributed by atoms with Crippen LogP contribution in [0.15, 0.2) is 47.4 Å². The largest absolute Gasteiger partial charge is 0.481 e. The van der Waals surface area contributed by atoms with E-state index in [9.17, 15) is 13.2 Å². The van der Waals surface area contributed by atoms with Gasteiger partial charge in [-0.05, 0) is 72.1 Å². The van der Waals surface area contributed by atoms with E-state index in [4.69, 9.17) is 16.7 Å². The number of carboxylic acids is 1. The lowest BCUT2D eigenvalue weighted by Crippen LogP contribution is -2.29. The zero-order chi connectivity index (χ0) is 20.3. The Morgan fingerprint density at radius 2 is 1.86 bits per heavy atom. The number of fused-ring (bicyclic) bond motifs is 1. The number of rotatable bonds is 8. The molecule has 2 N–H and O–H groups in total. The SMILES string of the molecule is CCC(CC(=O)O)c1ccc2c(c1)CC(CNS(=O)(=O)c1ccc(Cl)cc1)C2. The average Bonchev–Trinajstić information content (AvgIpc) is 3.07. The molecule has 2 unspecified atom stereocenters. The van der Waals surface area contributed by atoms with E-state index in [0.29, 0.717) is 11.6 Å². The summed E-state index contributed by atoms with van der Waals surface area (Å²) in [7, 11) is -3.56. The van der Waals surface area contributed by atoms with Gasteiger partial charge in [0.2, 0.25) is 10.0 Å². The second-order valence-electron chi connectivity index (χ2n) is 7.31. The number of hydrogen-bond acceptors (Lipinski definition) is 3. The van der Waals surface area contributed by atoms with E-state index in [1.54, 1.807) is 12.1 Å². The predicted octanol–water partition coefficient (Wildman–Crippen LogP) is 4.00. The predicted molar refractivity (Wildman–Crippen MR) is 109 cm³/mol. The van der Waals surface area contributed by atoms with Crippen LogP contribution in [-0.2, 0) is 27.7 Å². The number of nitrogens with one attached hydrogen (secondary N) is 1. The van der Waals surface area contributed by atoms with E-state index in [-0.39, 0.29) is 23.2 Å². The summed E-state index contributed by atoms with van der Waals surface area (Å²) in [6, 6.07) is 12.3. The van der Waals surface area contributed by atoms with Crippen LogP contribution in [0.2, 0.25) is 5.02 Å². The van der Waals surface area contributed by atoms with Gasteiger partial charge in [-0.1, -0.05) is 36.7 Å². The summed E-state index contributed by atoms with van der Waals surface area (Å²) in [5.74, 6) is -0.598. The fourth-order valence-electron chi connectivity index (χ4n) is 3.76. The molecule has 2 aromatic carbocycles. The molecule has 7 heteroatoms. The molecule has 0 radical (unpaired) electrons. The molecule has 150 valence electrons. The number of aliphatic carboxylic acids is 1. The molecule has 0 bridgehead atoms. The highest BCUT2D eigenvalue weighted by Gasteiger charge is 2.25. The summed E-state index contributed by atoms with van der Waals surface area (Å²) in [5, 5.41) is 9.59. The van der Waals surface area contributed by atoms with Crippen molar-refractivity contribution in [3.8, 4) is 0 Å². The molecule has 3 rings (SSSR count). The first-order valence-corrected chi connectivity index (χ1v) is 11.2. The number of hydrogen-bond donors (Lipinski definition) is 2. The van der Waals surface area contributed by atoms with Crippen LogP contribution >= 0.6 is 11.6 Å². The van der Waals surface area contributed by atoms with Gasteiger partial charge in [0.1, 0.15) is 0 Å². The van der Waals surface area contributed by atoms with Crippen molar-refractivity contribution in [2.24, 2.45) is 5.92 Å². The monoisotopic (exact) mass is 421 g/mol. The Morgan fingerprint density at radius 1 is 1.18 bits per heavy atom. The molecule has 0 heterocycles. The van der Waals surface area contributed by atoms with Crippen LogP contribution in [0.5, 0.6) is 0 Å². The summed E-state index contributed by atoms with van der Waals surface area (Å²) in [6.07, 6.45) is 2.50. The molecule has 0 fully saturated rings. The third kappa shape index (κ3) is 4.93. The molecule has 1 aliphatic carbocycles. The molecule has 2 aromatic rings. The minimum Gasteiger partial charge on any atom is -0.481 e. The molecule has 5 nitrogen and oxygen atoms in total. The van der Waals surface area contributed by atoms with Crippen LogP contribution in [0.4, 0.5) is 0 Å². The molecule has 2 atom stereocenters. The van der Waals surface area contributed by atoms with Gasteiger partial charge in [-0.3, -0.25) is 4.79 Å². The van der Waals surface area contributed by atoms with Crippen molar-refractivity contribution in [1.82, 2.24) is 4.72 Å². The Morgan fingerprint density at radius 3 is 2.50 bits per heavy atom. The number of benzene rings is 2.